The van der Waals surface area contributed by atoms with E-state index in [0.29, 0.717) is 30.5 Å². The van der Waals surface area contributed by atoms with E-state index in [0.717, 1.165) is 11.1 Å². The van der Waals surface area contributed by atoms with Crippen molar-refractivity contribution in [3.05, 3.63) is 78.0 Å². The lowest BCUT2D eigenvalue weighted by atomic mass is 10.2. The fraction of sp³-hybridized carbons (Fsp3) is 0.182. The molecule has 0 fully saturated rings. The number of halogens is 4. The van der Waals surface area contributed by atoms with Crippen molar-refractivity contribution in [1.82, 2.24) is 10.3 Å². The van der Waals surface area contributed by atoms with E-state index in [-0.39, 0.29) is 35.7 Å². The number of pyridine rings is 1. The number of hydrogen-bond acceptors (Lipinski definition) is 5. The summed E-state index contributed by atoms with van der Waals surface area (Å²) in [6, 6.07) is 16.2. The summed E-state index contributed by atoms with van der Waals surface area (Å²) in [5.41, 5.74) is 7.39. The predicted molar refractivity (Wildman–Crippen MR) is 128 cm³/mol. The average molecular weight is 574 g/mol. The monoisotopic (exact) mass is 574 g/mol. The SMILES string of the molecule is COc1cccc(Oc2ccc(CN=C(N)NCc3ccc(OC(F)(F)F)cc3)cn2)c1.I. The fourth-order valence-corrected chi connectivity index (χ4v) is 2.58. The molecule has 176 valence electrons. The van der Waals surface area contributed by atoms with Gasteiger partial charge in [-0.25, -0.2) is 9.98 Å². The number of aliphatic imine (C=N–C) groups is 1. The number of nitrogens with two attached hydrogens (primary N) is 1. The molecule has 1 heterocycles. The van der Waals surface area contributed by atoms with Crippen LogP contribution in [-0.2, 0) is 13.1 Å². The van der Waals surface area contributed by atoms with E-state index in [9.17, 15) is 13.2 Å². The summed E-state index contributed by atoms with van der Waals surface area (Å²) in [5.74, 6) is 1.62. The maximum absolute atomic E-state index is 12.2. The van der Waals surface area contributed by atoms with E-state index in [1.165, 1.54) is 24.3 Å². The van der Waals surface area contributed by atoms with Gasteiger partial charge in [-0.05, 0) is 35.4 Å². The van der Waals surface area contributed by atoms with Gasteiger partial charge in [-0.3, -0.25) is 0 Å². The molecule has 0 atom stereocenters. The minimum absolute atomic E-state index is 0. The van der Waals surface area contributed by atoms with Gasteiger partial charge in [-0.2, -0.15) is 0 Å². The van der Waals surface area contributed by atoms with E-state index in [1.54, 1.807) is 31.5 Å². The minimum atomic E-state index is -4.72. The number of ether oxygens (including phenoxy) is 3. The number of alkyl halides is 3. The quantitative estimate of drug-likeness (QED) is 0.224. The zero-order valence-electron chi connectivity index (χ0n) is 17.5. The van der Waals surface area contributed by atoms with Gasteiger partial charge in [0.25, 0.3) is 0 Å². The lowest BCUT2D eigenvalue weighted by Gasteiger charge is -2.10. The van der Waals surface area contributed by atoms with E-state index in [1.807, 2.05) is 18.2 Å². The third kappa shape index (κ3) is 9.04. The second kappa shape index (κ2) is 12.1. The highest BCUT2D eigenvalue weighted by atomic mass is 127. The van der Waals surface area contributed by atoms with Gasteiger partial charge in [0.15, 0.2) is 5.96 Å². The van der Waals surface area contributed by atoms with Crippen LogP contribution in [-0.4, -0.2) is 24.4 Å². The molecule has 7 nitrogen and oxygen atoms in total. The summed E-state index contributed by atoms with van der Waals surface area (Å²) >= 11 is 0. The first-order chi connectivity index (χ1) is 15.3. The van der Waals surface area contributed by atoms with Crippen molar-refractivity contribution in [3.8, 4) is 23.1 Å². The second-order valence-corrected chi connectivity index (χ2v) is 6.53. The highest BCUT2D eigenvalue weighted by Gasteiger charge is 2.30. The molecule has 11 heteroatoms. The Bertz CT molecular complexity index is 1050. The molecule has 0 bridgehead atoms. The fourth-order valence-electron chi connectivity index (χ4n) is 2.58. The largest absolute Gasteiger partial charge is 0.573 e. The third-order valence-corrected chi connectivity index (χ3v) is 4.12. The molecule has 1 aromatic heterocycles. The summed E-state index contributed by atoms with van der Waals surface area (Å²) in [7, 11) is 1.58. The molecule has 0 unspecified atom stereocenters. The standard InChI is InChI=1S/C22H21F3N4O3.HI/c1-30-18-3-2-4-19(11-18)31-20-10-7-16(13-27-20)14-29-21(26)28-12-15-5-8-17(9-6-15)32-22(23,24)25;/h2-11,13H,12,14H2,1H3,(H3,26,28,29);1H. The predicted octanol–water partition coefficient (Wildman–Crippen LogP) is 5.00. The minimum Gasteiger partial charge on any atom is -0.497 e. The smallest absolute Gasteiger partial charge is 0.497 e. The lowest BCUT2D eigenvalue weighted by molar-refractivity contribution is -0.274. The average Bonchev–Trinajstić information content (AvgIpc) is 2.77. The van der Waals surface area contributed by atoms with Crippen LogP contribution >= 0.6 is 24.0 Å². The lowest BCUT2D eigenvalue weighted by Crippen LogP contribution is -2.31. The van der Waals surface area contributed by atoms with Crippen LogP contribution in [0.4, 0.5) is 13.2 Å². The number of guanidine groups is 1. The van der Waals surface area contributed by atoms with Crippen LogP contribution in [0.25, 0.3) is 0 Å². The summed E-state index contributed by atoms with van der Waals surface area (Å²) in [5, 5.41) is 2.90. The van der Waals surface area contributed by atoms with Crippen LogP contribution in [0.1, 0.15) is 11.1 Å². The van der Waals surface area contributed by atoms with Crippen LogP contribution in [0.5, 0.6) is 23.1 Å². The topological polar surface area (TPSA) is 91.0 Å². The zero-order chi connectivity index (χ0) is 23.0. The van der Waals surface area contributed by atoms with E-state index in [4.69, 9.17) is 15.2 Å². The van der Waals surface area contributed by atoms with Gasteiger partial charge >= 0.3 is 6.36 Å². The highest BCUT2D eigenvalue weighted by molar-refractivity contribution is 14.0. The molecule has 2 aromatic carbocycles. The Balaban J connectivity index is 0.00000385. The Labute approximate surface area is 205 Å². The van der Waals surface area contributed by atoms with Gasteiger partial charge < -0.3 is 25.3 Å². The summed E-state index contributed by atoms with van der Waals surface area (Å²) in [6.07, 6.45) is -3.09. The molecule has 3 rings (SSSR count). The van der Waals surface area contributed by atoms with Crippen molar-refractivity contribution >= 4 is 29.9 Å². The zero-order valence-corrected chi connectivity index (χ0v) is 19.8. The van der Waals surface area contributed by atoms with Crippen molar-refractivity contribution in [1.29, 1.82) is 0 Å². The molecule has 0 saturated carbocycles. The van der Waals surface area contributed by atoms with Crippen LogP contribution < -0.4 is 25.3 Å². The Hall–Kier alpha value is -3.22. The molecule has 33 heavy (non-hydrogen) atoms. The number of rotatable bonds is 8. The summed E-state index contributed by atoms with van der Waals surface area (Å²) in [6.45, 7) is 0.594. The molecule has 0 spiro atoms. The second-order valence-electron chi connectivity index (χ2n) is 6.53. The van der Waals surface area contributed by atoms with Crippen LogP contribution in [0.2, 0.25) is 0 Å². The van der Waals surface area contributed by atoms with Gasteiger partial charge in [-0.15, -0.1) is 37.1 Å². The number of aromatic nitrogens is 1. The molecule has 0 aliphatic heterocycles. The van der Waals surface area contributed by atoms with Gasteiger partial charge in [0.05, 0.1) is 13.7 Å². The first-order valence-electron chi connectivity index (χ1n) is 9.46. The van der Waals surface area contributed by atoms with Crippen LogP contribution in [0, 0.1) is 0 Å². The van der Waals surface area contributed by atoms with Crippen LogP contribution in [0.15, 0.2) is 71.9 Å². The number of nitrogens with one attached hydrogen (secondary N) is 1. The maximum Gasteiger partial charge on any atom is 0.573 e. The Morgan fingerprint density at radius 1 is 1.00 bits per heavy atom. The van der Waals surface area contributed by atoms with E-state index < -0.39 is 6.36 Å². The molecule has 0 aliphatic carbocycles. The summed E-state index contributed by atoms with van der Waals surface area (Å²) < 4.78 is 51.2. The van der Waals surface area contributed by atoms with Gasteiger partial charge in [0.1, 0.15) is 17.2 Å². The van der Waals surface area contributed by atoms with Gasteiger partial charge in [0, 0.05) is 24.9 Å². The first-order valence-corrected chi connectivity index (χ1v) is 9.46. The van der Waals surface area contributed by atoms with Crippen molar-refractivity contribution in [2.45, 2.75) is 19.5 Å². The molecule has 0 saturated heterocycles. The van der Waals surface area contributed by atoms with Crippen molar-refractivity contribution in [2.24, 2.45) is 10.7 Å². The van der Waals surface area contributed by atoms with E-state index >= 15 is 0 Å². The van der Waals surface area contributed by atoms with Gasteiger partial charge in [0.2, 0.25) is 5.88 Å². The third-order valence-electron chi connectivity index (χ3n) is 4.12. The van der Waals surface area contributed by atoms with Gasteiger partial charge in [-0.1, -0.05) is 24.3 Å². The molecule has 0 radical (unpaired) electrons. The number of benzene rings is 2. The Morgan fingerprint density at radius 3 is 2.33 bits per heavy atom. The Morgan fingerprint density at radius 2 is 1.70 bits per heavy atom. The molecular formula is C22H22F3IN4O3. The number of hydrogen-bond donors (Lipinski definition) is 2. The molecular weight excluding hydrogens is 552 g/mol. The van der Waals surface area contributed by atoms with Crippen molar-refractivity contribution in [3.63, 3.8) is 0 Å². The first kappa shape index (κ1) is 26.0. The van der Waals surface area contributed by atoms with Crippen molar-refractivity contribution in [2.75, 3.05) is 7.11 Å². The highest BCUT2D eigenvalue weighted by Crippen LogP contribution is 2.24. The molecule has 0 amide bonds. The molecule has 3 aromatic rings. The number of nitrogens with zero attached hydrogens (tertiary/aromatic N) is 2. The Kier molecular flexibility index (Phi) is 9.57. The van der Waals surface area contributed by atoms with E-state index in [2.05, 4.69) is 20.0 Å². The molecule has 0 aliphatic rings. The molecule has 3 N–H and O–H groups in total. The summed E-state index contributed by atoms with van der Waals surface area (Å²) in [4.78, 5) is 8.47. The number of methoxy groups -OCH3 is 1. The normalized spacial score (nSPS) is 11.3. The maximum atomic E-state index is 12.2. The van der Waals surface area contributed by atoms with Crippen molar-refractivity contribution < 1.29 is 27.4 Å². The van der Waals surface area contributed by atoms with Crippen LogP contribution in [0.3, 0.4) is 0 Å².